The molecule has 0 heterocycles. The van der Waals surface area contributed by atoms with Crippen molar-refractivity contribution in [1.82, 2.24) is 0 Å². The van der Waals surface area contributed by atoms with Gasteiger partial charge in [0.25, 0.3) is 0 Å². The van der Waals surface area contributed by atoms with Crippen molar-refractivity contribution < 1.29 is 37.5 Å². The van der Waals surface area contributed by atoms with Crippen LogP contribution in [0.15, 0.2) is 12.2 Å². The zero-order valence-electron chi connectivity index (χ0n) is 4.69. The first-order chi connectivity index (χ1) is 2.27. The smallest absolute Gasteiger partial charge is 0 e. The summed E-state index contributed by atoms with van der Waals surface area (Å²) in [6, 6.07) is 0. The van der Waals surface area contributed by atoms with E-state index < -0.39 is 0 Å². The van der Waals surface area contributed by atoms with E-state index in [1.54, 1.807) is 13.2 Å². The minimum atomic E-state index is 0. The molecule has 1 nitrogen and oxygen atoms in total. The second-order valence-electron chi connectivity index (χ2n) is 0.882. The number of rotatable bonds is 1. The summed E-state index contributed by atoms with van der Waals surface area (Å²) in [4.78, 5) is 9.28. The largest absolute Gasteiger partial charge is 0.419 e. The normalized spacial score (nSPS) is 4.71. The summed E-state index contributed by atoms with van der Waals surface area (Å²) >= 11 is 0. The van der Waals surface area contributed by atoms with E-state index in [1.165, 1.54) is 0 Å². The number of allylic oxidation sites excluding steroid dienone is 1. The van der Waals surface area contributed by atoms with Crippen LogP contribution in [0.25, 0.3) is 0 Å². The Balaban J connectivity index is -0.0000000800. The molecule has 0 aromatic heterocycles. The van der Waals surface area contributed by atoms with E-state index in [9.17, 15) is 4.79 Å². The molecular weight excluding hydrogens is 165 g/mol. The van der Waals surface area contributed by atoms with Crippen LogP contribution in [-0.2, 0) is 37.5 Å². The van der Waals surface area contributed by atoms with Crippen molar-refractivity contribution in [1.29, 1.82) is 0 Å². The van der Waals surface area contributed by atoms with Gasteiger partial charge in [-0.05, 0) is 6.29 Å². The predicted octanol–water partition coefficient (Wildman–Crippen LogP) is 1.12. The average Bonchev–Trinajstić information content (AvgIpc) is 1.38. The van der Waals surface area contributed by atoms with Crippen LogP contribution in [0.5, 0.6) is 0 Å². The summed E-state index contributed by atoms with van der Waals surface area (Å²) in [5, 5.41) is 0. The van der Waals surface area contributed by atoms with Gasteiger partial charge in [0, 0.05) is 32.7 Å². The van der Waals surface area contributed by atoms with Crippen LogP contribution in [0.2, 0.25) is 0 Å². The van der Waals surface area contributed by atoms with Crippen molar-refractivity contribution in [3.8, 4) is 0 Å². The average molecular weight is 173 g/mol. The van der Waals surface area contributed by atoms with Gasteiger partial charge in [-0.15, -0.1) is 0 Å². The first-order valence-electron chi connectivity index (χ1n) is 1.31. The number of carbonyl (C=O) groups excluding carboxylic acids is 1. The van der Waals surface area contributed by atoms with Gasteiger partial charge in [0.1, 0.15) is 0 Å². The minimum Gasteiger partial charge on any atom is -0.419 e. The van der Waals surface area contributed by atoms with Crippen molar-refractivity contribution in [2.45, 2.75) is 6.92 Å². The Morgan fingerprint density at radius 2 is 1.86 bits per heavy atom. The standard InChI is InChI=1S/C4H5O.CH3.Y/c1-4(2)3-5;;/h1H2,2H3;1H3;/q2*-1;. The van der Waals surface area contributed by atoms with Gasteiger partial charge >= 0.3 is 0 Å². The van der Waals surface area contributed by atoms with Crippen LogP contribution >= 0.6 is 0 Å². The molecule has 0 spiro atoms. The molecule has 0 aliphatic rings. The predicted molar refractivity (Wildman–Crippen MR) is 26.9 cm³/mol. The maximum absolute atomic E-state index is 9.28. The third-order valence-electron chi connectivity index (χ3n) is 0.174. The monoisotopic (exact) mass is 173 g/mol. The van der Waals surface area contributed by atoms with Crippen LogP contribution in [0.1, 0.15) is 6.92 Å². The fourth-order valence-electron chi connectivity index (χ4n) is 0. The van der Waals surface area contributed by atoms with E-state index in [-0.39, 0.29) is 40.1 Å². The van der Waals surface area contributed by atoms with E-state index in [4.69, 9.17) is 0 Å². The molecule has 0 bridgehead atoms. The second-order valence-corrected chi connectivity index (χ2v) is 0.882. The summed E-state index contributed by atoms with van der Waals surface area (Å²) in [6.45, 7) is 4.85. The fourth-order valence-corrected chi connectivity index (χ4v) is 0. The Bertz CT molecular complexity index is 59.1. The van der Waals surface area contributed by atoms with Gasteiger partial charge in [-0.25, -0.2) is 6.58 Å². The maximum atomic E-state index is 9.28. The minimum absolute atomic E-state index is 0. The Hall–Kier alpha value is 0.514. The topological polar surface area (TPSA) is 17.1 Å². The van der Waals surface area contributed by atoms with Crippen molar-refractivity contribution in [2.24, 2.45) is 0 Å². The molecule has 7 heavy (non-hydrogen) atoms. The number of hydrogen-bond acceptors (Lipinski definition) is 1. The van der Waals surface area contributed by atoms with Crippen LogP contribution in [0.4, 0.5) is 0 Å². The van der Waals surface area contributed by atoms with Crippen LogP contribution < -0.4 is 0 Å². The van der Waals surface area contributed by atoms with Crippen molar-refractivity contribution in [3.63, 3.8) is 0 Å². The Morgan fingerprint density at radius 1 is 1.71 bits per heavy atom. The summed E-state index contributed by atoms with van der Waals surface area (Å²) in [7, 11) is 0. The summed E-state index contributed by atoms with van der Waals surface area (Å²) in [5.74, 6) is 0. The first-order valence-corrected chi connectivity index (χ1v) is 1.31. The Kier molecular flexibility index (Phi) is 21.7. The van der Waals surface area contributed by atoms with Crippen molar-refractivity contribution >= 4 is 6.29 Å². The first kappa shape index (κ1) is 15.6. The van der Waals surface area contributed by atoms with Crippen LogP contribution in [-0.4, -0.2) is 6.29 Å². The van der Waals surface area contributed by atoms with Gasteiger partial charge in [-0.3, -0.25) is 0 Å². The molecule has 0 rings (SSSR count). The zero-order chi connectivity index (χ0) is 4.28. The van der Waals surface area contributed by atoms with Gasteiger partial charge in [0.2, 0.25) is 0 Å². The van der Waals surface area contributed by atoms with Crippen LogP contribution in [0.3, 0.4) is 0 Å². The molecule has 0 fully saturated rings. The van der Waals surface area contributed by atoms with E-state index in [2.05, 4.69) is 6.58 Å². The quantitative estimate of drug-likeness (QED) is 0.429. The molecule has 0 atom stereocenters. The van der Waals surface area contributed by atoms with E-state index >= 15 is 0 Å². The summed E-state index contributed by atoms with van der Waals surface area (Å²) in [5.41, 5.74) is 0.449. The van der Waals surface area contributed by atoms with E-state index in [0.29, 0.717) is 5.57 Å². The molecule has 2 heteroatoms. The molecule has 0 unspecified atom stereocenters. The maximum Gasteiger partial charge on any atom is 0 e. The molecule has 39 valence electrons. The second kappa shape index (κ2) is 9.72. The zero-order valence-corrected chi connectivity index (χ0v) is 7.53. The van der Waals surface area contributed by atoms with Crippen molar-refractivity contribution in [2.75, 3.05) is 0 Å². The molecule has 0 N–H and O–H groups in total. The SMILES string of the molecule is C=C(C)[C-]=O.[CH3-].[Y]. The molecule has 0 saturated carbocycles. The van der Waals surface area contributed by atoms with Gasteiger partial charge in [0.15, 0.2) is 0 Å². The van der Waals surface area contributed by atoms with E-state index in [0.717, 1.165) is 0 Å². The third kappa shape index (κ3) is 21.0. The van der Waals surface area contributed by atoms with Gasteiger partial charge < -0.3 is 12.2 Å². The molecule has 0 aromatic rings. The Morgan fingerprint density at radius 3 is 1.86 bits per heavy atom. The van der Waals surface area contributed by atoms with Gasteiger partial charge in [0.05, 0.1) is 0 Å². The van der Waals surface area contributed by atoms with Crippen molar-refractivity contribution in [3.05, 3.63) is 19.6 Å². The summed E-state index contributed by atoms with van der Waals surface area (Å²) < 4.78 is 0. The molecular formula is C5H8OY-2. The fraction of sp³-hybridized carbons (Fsp3) is 0.200. The molecule has 0 saturated heterocycles. The molecule has 1 radical (unpaired) electrons. The summed E-state index contributed by atoms with van der Waals surface area (Å²) in [6.07, 6.45) is 1.58. The molecule has 0 aliphatic carbocycles. The Labute approximate surface area is 70.1 Å². The van der Waals surface area contributed by atoms with E-state index in [1.807, 2.05) is 0 Å². The van der Waals surface area contributed by atoms with Crippen LogP contribution in [0, 0.1) is 7.43 Å². The van der Waals surface area contributed by atoms with Gasteiger partial charge in [-0.1, -0.05) is 6.92 Å². The van der Waals surface area contributed by atoms with Gasteiger partial charge in [-0.2, -0.15) is 5.57 Å². The third-order valence-corrected chi connectivity index (χ3v) is 0.174. The molecule has 0 aliphatic heterocycles. The number of hydrogen-bond donors (Lipinski definition) is 0. The molecule has 0 amide bonds. The molecule has 0 aromatic carbocycles.